The molecule has 0 aromatic heterocycles. The van der Waals surface area contributed by atoms with Crippen LogP contribution in [0.4, 0.5) is 0 Å². The molecule has 13 heavy (non-hydrogen) atoms. The summed E-state index contributed by atoms with van der Waals surface area (Å²) in [6.45, 7) is 0. The average molecular weight is 215 g/mol. The Hall–Kier alpha value is -0.470. The van der Waals surface area contributed by atoms with Crippen LogP contribution in [0.15, 0.2) is 24.3 Å². The van der Waals surface area contributed by atoms with E-state index in [-0.39, 0.29) is 5.78 Å². The summed E-state index contributed by atoms with van der Waals surface area (Å²) in [5.41, 5.74) is 0.749. The zero-order valence-electron chi connectivity index (χ0n) is 7.42. The average Bonchev–Trinajstić information content (AvgIpc) is 2.15. The second kappa shape index (κ2) is 5.30. The fraction of sp³-hybridized carbons (Fsp3) is 0.300. The normalized spacial score (nSPS) is 10.0. The van der Waals surface area contributed by atoms with Gasteiger partial charge in [-0.2, -0.15) is 11.8 Å². The van der Waals surface area contributed by atoms with Crippen molar-refractivity contribution in [3.8, 4) is 0 Å². The smallest absolute Gasteiger partial charge is 0.163 e. The van der Waals surface area contributed by atoms with Crippen LogP contribution >= 0.6 is 23.4 Å². The van der Waals surface area contributed by atoms with E-state index in [4.69, 9.17) is 11.6 Å². The highest BCUT2D eigenvalue weighted by molar-refractivity contribution is 7.98. The molecule has 0 amide bonds. The summed E-state index contributed by atoms with van der Waals surface area (Å²) < 4.78 is 0. The van der Waals surface area contributed by atoms with Gasteiger partial charge < -0.3 is 0 Å². The molecule has 0 N–H and O–H groups in total. The Labute approximate surface area is 87.5 Å². The molecule has 1 rings (SSSR count). The fourth-order valence-electron chi connectivity index (χ4n) is 0.975. The van der Waals surface area contributed by atoms with Gasteiger partial charge in [-0.1, -0.05) is 11.6 Å². The molecule has 0 saturated carbocycles. The number of rotatable bonds is 4. The summed E-state index contributed by atoms with van der Waals surface area (Å²) in [7, 11) is 0. The van der Waals surface area contributed by atoms with Crippen LogP contribution in [0, 0.1) is 0 Å². The molecular weight excluding hydrogens is 204 g/mol. The van der Waals surface area contributed by atoms with Gasteiger partial charge >= 0.3 is 0 Å². The standard InChI is InChI=1S/C10H11ClOS/c1-13-7-6-10(12)8-2-4-9(11)5-3-8/h2-5H,6-7H2,1H3. The zero-order chi connectivity index (χ0) is 9.68. The molecule has 0 fully saturated rings. The summed E-state index contributed by atoms with van der Waals surface area (Å²) >= 11 is 7.39. The molecule has 0 aliphatic rings. The molecule has 0 radical (unpaired) electrons. The van der Waals surface area contributed by atoms with Crippen molar-refractivity contribution in [2.45, 2.75) is 6.42 Å². The van der Waals surface area contributed by atoms with Gasteiger partial charge in [0.15, 0.2) is 5.78 Å². The number of carbonyl (C=O) groups excluding carboxylic acids is 1. The van der Waals surface area contributed by atoms with Crippen molar-refractivity contribution in [1.82, 2.24) is 0 Å². The number of carbonyl (C=O) groups is 1. The minimum atomic E-state index is 0.186. The van der Waals surface area contributed by atoms with Crippen LogP contribution in [0.25, 0.3) is 0 Å². The predicted molar refractivity (Wildman–Crippen MR) is 58.8 cm³/mol. The van der Waals surface area contributed by atoms with Crippen molar-refractivity contribution >= 4 is 29.1 Å². The lowest BCUT2D eigenvalue weighted by molar-refractivity contribution is 0.0989. The van der Waals surface area contributed by atoms with Gasteiger partial charge in [0.05, 0.1) is 0 Å². The highest BCUT2D eigenvalue weighted by Gasteiger charge is 2.03. The predicted octanol–water partition coefficient (Wildman–Crippen LogP) is 3.28. The number of ketones is 1. The Balaban J connectivity index is 2.61. The number of Topliss-reactive ketones (excluding diaryl/α,β-unsaturated/α-hetero) is 1. The first-order valence-electron chi connectivity index (χ1n) is 4.01. The van der Waals surface area contributed by atoms with Gasteiger partial charge in [0, 0.05) is 22.8 Å². The number of halogens is 1. The van der Waals surface area contributed by atoms with Crippen molar-refractivity contribution in [2.24, 2.45) is 0 Å². The topological polar surface area (TPSA) is 17.1 Å². The van der Waals surface area contributed by atoms with E-state index in [1.807, 2.05) is 6.26 Å². The molecule has 0 saturated heterocycles. The number of hydrogen-bond donors (Lipinski definition) is 0. The lowest BCUT2D eigenvalue weighted by atomic mass is 10.1. The van der Waals surface area contributed by atoms with Crippen LogP contribution in [0.3, 0.4) is 0 Å². The summed E-state index contributed by atoms with van der Waals surface area (Å²) in [6, 6.07) is 7.03. The molecule has 70 valence electrons. The number of hydrogen-bond acceptors (Lipinski definition) is 2. The Kier molecular flexibility index (Phi) is 4.33. The van der Waals surface area contributed by atoms with Crippen molar-refractivity contribution in [3.05, 3.63) is 34.9 Å². The molecule has 0 atom stereocenters. The zero-order valence-corrected chi connectivity index (χ0v) is 8.99. The van der Waals surface area contributed by atoms with E-state index in [1.54, 1.807) is 36.0 Å². The molecule has 1 nitrogen and oxygen atoms in total. The minimum Gasteiger partial charge on any atom is -0.294 e. The molecular formula is C10H11ClOS. The molecule has 0 unspecified atom stereocenters. The largest absolute Gasteiger partial charge is 0.294 e. The molecule has 1 aromatic rings. The second-order valence-electron chi connectivity index (χ2n) is 2.67. The quantitative estimate of drug-likeness (QED) is 0.716. The van der Waals surface area contributed by atoms with Crippen molar-refractivity contribution in [3.63, 3.8) is 0 Å². The third-order valence-electron chi connectivity index (χ3n) is 1.70. The molecule has 0 bridgehead atoms. The lowest BCUT2D eigenvalue weighted by Gasteiger charge is -1.99. The molecule has 1 aromatic carbocycles. The van der Waals surface area contributed by atoms with Crippen molar-refractivity contribution < 1.29 is 4.79 Å². The maximum atomic E-state index is 11.5. The first-order valence-corrected chi connectivity index (χ1v) is 5.79. The molecule has 0 aliphatic carbocycles. The van der Waals surface area contributed by atoms with Crippen molar-refractivity contribution in [1.29, 1.82) is 0 Å². The summed E-state index contributed by atoms with van der Waals surface area (Å²) in [6.07, 6.45) is 2.60. The van der Waals surface area contributed by atoms with Gasteiger partial charge in [0.25, 0.3) is 0 Å². The molecule has 0 aliphatic heterocycles. The summed E-state index contributed by atoms with van der Waals surface area (Å²) in [5, 5.41) is 0.668. The van der Waals surface area contributed by atoms with Gasteiger partial charge in [-0.15, -0.1) is 0 Å². The first-order chi connectivity index (χ1) is 6.24. The minimum absolute atomic E-state index is 0.186. The third-order valence-corrected chi connectivity index (χ3v) is 2.56. The van der Waals surface area contributed by atoms with Gasteiger partial charge in [-0.3, -0.25) is 4.79 Å². The lowest BCUT2D eigenvalue weighted by Crippen LogP contribution is -1.99. The van der Waals surface area contributed by atoms with E-state index >= 15 is 0 Å². The van der Waals surface area contributed by atoms with E-state index in [1.165, 1.54) is 0 Å². The Morgan fingerprint density at radius 3 is 2.54 bits per heavy atom. The van der Waals surface area contributed by atoms with Gasteiger partial charge in [0.2, 0.25) is 0 Å². The van der Waals surface area contributed by atoms with Crippen LogP contribution in [0.1, 0.15) is 16.8 Å². The number of thioether (sulfide) groups is 1. The van der Waals surface area contributed by atoms with E-state index in [2.05, 4.69) is 0 Å². The van der Waals surface area contributed by atoms with E-state index < -0.39 is 0 Å². The van der Waals surface area contributed by atoms with Gasteiger partial charge in [-0.25, -0.2) is 0 Å². The van der Waals surface area contributed by atoms with Gasteiger partial charge in [-0.05, 0) is 30.5 Å². The number of benzene rings is 1. The van der Waals surface area contributed by atoms with Gasteiger partial charge in [0.1, 0.15) is 0 Å². The highest BCUT2D eigenvalue weighted by Crippen LogP contribution is 2.11. The highest BCUT2D eigenvalue weighted by atomic mass is 35.5. The first kappa shape index (κ1) is 10.6. The van der Waals surface area contributed by atoms with Crippen LogP contribution < -0.4 is 0 Å². The Bertz CT molecular complexity index is 281. The van der Waals surface area contributed by atoms with Crippen LogP contribution in [-0.2, 0) is 0 Å². The fourth-order valence-corrected chi connectivity index (χ4v) is 1.49. The monoisotopic (exact) mass is 214 g/mol. The molecule has 0 heterocycles. The van der Waals surface area contributed by atoms with E-state index in [0.717, 1.165) is 11.3 Å². The van der Waals surface area contributed by atoms with Crippen LogP contribution in [0.2, 0.25) is 5.02 Å². The molecule has 0 spiro atoms. The third kappa shape index (κ3) is 3.41. The van der Waals surface area contributed by atoms with E-state index in [9.17, 15) is 4.79 Å². The van der Waals surface area contributed by atoms with E-state index in [0.29, 0.717) is 11.4 Å². The van der Waals surface area contributed by atoms with Crippen LogP contribution in [0.5, 0.6) is 0 Å². The SMILES string of the molecule is CSCCC(=O)c1ccc(Cl)cc1. The summed E-state index contributed by atoms with van der Waals surface area (Å²) in [5.74, 6) is 1.06. The Morgan fingerprint density at radius 1 is 1.38 bits per heavy atom. The molecule has 3 heteroatoms. The van der Waals surface area contributed by atoms with Crippen molar-refractivity contribution in [2.75, 3.05) is 12.0 Å². The second-order valence-corrected chi connectivity index (χ2v) is 4.09. The summed E-state index contributed by atoms with van der Waals surface area (Å²) in [4.78, 5) is 11.5. The Morgan fingerprint density at radius 2 is 2.00 bits per heavy atom. The maximum Gasteiger partial charge on any atom is 0.163 e. The maximum absolute atomic E-state index is 11.5. The van der Waals surface area contributed by atoms with Crippen LogP contribution in [-0.4, -0.2) is 17.8 Å².